The first kappa shape index (κ1) is 16.3. The van der Waals surface area contributed by atoms with Crippen LogP contribution in [0.2, 0.25) is 0 Å². The van der Waals surface area contributed by atoms with E-state index in [0.29, 0.717) is 36.0 Å². The van der Waals surface area contributed by atoms with E-state index in [2.05, 4.69) is 26.5 Å². The first-order valence-corrected chi connectivity index (χ1v) is 8.04. The summed E-state index contributed by atoms with van der Waals surface area (Å²) in [6.07, 6.45) is 1.54. The third-order valence-electron chi connectivity index (χ3n) is 3.38. The molecule has 24 heavy (non-hydrogen) atoms. The van der Waals surface area contributed by atoms with Crippen molar-refractivity contribution >= 4 is 28.1 Å². The third kappa shape index (κ3) is 3.51. The average molecular weight is 391 g/mol. The summed E-state index contributed by atoms with van der Waals surface area (Å²) < 4.78 is 17.0. The molecule has 0 aliphatic carbocycles. The molecular weight excluding hydrogens is 376 g/mol. The van der Waals surface area contributed by atoms with Crippen LogP contribution in [0.15, 0.2) is 46.0 Å². The first-order valence-electron chi connectivity index (χ1n) is 7.24. The Kier molecular flexibility index (Phi) is 5.00. The molecule has 0 atom stereocenters. The molecule has 1 N–H and O–H groups in total. The van der Waals surface area contributed by atoms with Crippen molar-refractivity contribution in [3.05, 3.63) is 52.0 Å². The van der Waals surface area contributed by atoms with E-state index in [0.717, 1.165) is 10.0 Å². The minimum Gasteiger partial charge on any atom is -0.496 e. The Morgan fingerprint density at radius 3 is 2.71 bits per heavy atom. The molecule has 0 fully saturated rings. The number of benzene rings is 2. The summed E-state index contributed by atoms with van der Waals surface area (Å²) in [5.41, 5.74) is 3.67. The number of amides is 1. The Balaban J connectivity index is 1.73. The normalized spacial score (nSPS) is 12.9. The van der Waals surface area contributed by atoms with Crippen LogP contribution in [0.3, 0.4) is 0 Å². The van der Waals surface area contributed by atoms with E-state index in [1.54, 1.807) is 30.3 Å². The van der Waals surface area contributed by atoms with Crippen molar-refractivity contribution < 1.29 is 19.0 Å². The highest BCUT2D eigenvalue weighted by atomic mass is 79.9. The number of nitrogens with zero attached hydrogens (tertiary/aromatic N) is 1. The Morgan fingerprint density at radius 1 is 1.25 bits per heavy atom. The maximum absolute atomic E-state index is 12.2. The number of fused-ring (bicyclic) bond motifs is 1. The number of hydrogen-bond donors (Lipinski definition) is 1. The molecule has 0 aromatic heterocycles. The fourth-order valence-corrected chi connectivity index (χ4v) is 2.66. The lowest BCUT2D eigenvalue weighted by Crippen LogP contribution is -2.18. The van der Waals surface area contributed by atoms with Gasteiger partial charge in [0.15, 0.2) is 11.5 Å². The quantitative estimate of drug-likeness (QED) is 0.643. The second-order valence-electron chi connectivity index (χ2n) is 4.92. The highest BCUT2D eigenvalue weighted by molar-refractivity contribution is 9.10. The molecule has 1 aliphatic rings. The lowest BCUT2D eigenvalue weighted by molar-refractivity contribution is 0.0952. The molecule has 0 radical (unpaired) electrons. The van der Waals surface area contributed by atoms with E-state index in [1.807, 2.05) is 6.07 Å². The Morgan fingerprint density at radius 2 is 1.96 bits per heavy atom. The summed E-state index contributed by atoms with van der Waals surface area (Å²) >= 11 is 3.45. The van der Waals surface area contributed by atoms with E-state index in [-0.39, 0.29) is 5.91 Å². The molecule has 3 rings (SSSR count). The SMILES string of the molecule is COc1ccccc1C(=O)N/N=C/c1cc2c(cc1Br)OCCO2. The summed E-state index contributed by atoms with van der Waals surface area (Å²) in [6, 6.07) is 10.6. The molecule has 2 aromatic rings. The number of hydrogen-bond acceptors (Lipinski definition) is 5. The van der Waals surface area contributed by atoms with E-state index in [4.69, 9.17) is 14.2 Å². The number of halogens is 1. The van der Waals surface area contributed by atoms with Crippen LogP contribution in [0.5, 0.6) is 17.2 Å². The zero-order valence-corrected chi connectivity index (χ0v) is 14.5. The number of hydrazone groups is 1. The van der Waals surface area contributed by atoms with Crippen LogP contribution < -0.4 is 19.6 Å². The minimum absolute atomic E-state index is 0.350. The maximum Gasteiger partial charge on any atom is 0.275 e. The molecule has 1 amide bonds. The molecule has 1 aliphatic heterocycles. The van der Waals surface area contributed by atoms with Crippen LogP contribution in [0.4, 0.5) is 0 Å². The predicted octanol–water partition coefficient (Wildman–Crippen LogP) is 2.99. The van der Waals surface area contributed by atoms with Crippen molar-refractivity contribution in [3.8, 4) is 17.2 Å². The van der Waals surface area contributed by atoms with E-state index >= 15 is 0 Å². The van der Waals surface area contributed by atoms with Crippen LogP contribution in [0.25, 0.3) is 0 Å². The number of nitrogens with one attached hydrogen (secondary N) is 1. The van der Waals surface area contributed by atoms with Crippen LogP contribution in [0, 0.1) is 0 Å². The minimum atomic E-state index is -0.350. The molecule has 0 bridgehead atoms. The van der Waals surface area contributed by atoms with Crippen LogP contribution in [-0.4, -0.2) is 32.4 Å². The monoisotopic (exact) mass is 390 g/mol. The van der Waals surface area contributed by atoms with Gasteiger partial charge in [-0.25, -0.2) is 5.43 Å². The standard InChI is InChI=1S/C17H15BrN2O4/c1-22-14-5-3-2-4-12(14)17(21)20-19-10-11-8-15-16(9-13(11)18)24-7-6-23-15/h2-5,8-10H,6-7H2,1H3,(H,20,21)/b19-10+. The van der Waals surface area contributed by atoms with Gasteiger partial charge in [0.1, 0.15) is 19.0 Å². The molecule has 0 spiro atoms. The Labute approximate surface area is 147 Å². The van der Waals surface area contributed by atoms with Gasteiger partial charge < -0.3 is 14.2 Å². The molecule has 6 nitrogen and oxygen atoms in total. The predicted molar refractivity (Wildman–Crippen MR) is 93.2 cm³/mol. The van der Waals surface area contributed by atoms with E-state index in [1.165, 1.54) is 13.3 Å². The third-order valence-corrected chi connectivity index (χ3v) is 4.07. The van der Waals surface area contributed by atoms with Gasteiger partial charge >= 0.3 is 0 Å². The molecule has 0 saturated carbocycles. The van der Waals surface area contributed by atoms with E-state index < -0.39 is 0 Å². The molecule has 1 heterocycles. The summed E-state index contributed by atoms with van der Waals surface area (Å²) in [6.45, 7) is 1.04. The molecule has 124 valence electrons. The van der Waals surface area contributed by atoms with Gasteiger partial charge in [-0.3, -0.25) is 4.79 Å². The number of rotatable bonds is 4. The largest absolute Gasteiger partial charge is 0.496 e. The van der Waals surface area contributed by atoms with Crippen LogP contribution in [-0.2, 0) is 0 Å². The topological polar surface area (TPSA) is 69.2 Å². The van der Waals surface area contributed by atoms with Crippen molar-refractivity contribution in [2.45, 2.75) is 0 Å². The molecule has 7 heteroatoms. The van der Waals surface area contributed by atoms with Crippen molar-refractivity contribution in [3.63, 3.8) is 0 Å². The zero-order valence-electron chi connectivity index (χ0n) is 12.9. The van der Waals surface area contributed by atoms with Gasteiger partial charge in [0, 0.05) is 10.0 Å². The smallest absolute Gasteiger partial charge is 0.275 e. The van der Waals surface area contributed by atoms with Gasteiger partial charge in [0.25, 0.3) is 5.91 Å². The van der Waals surface area contributed by atoms with Crippen LogP contribution >= 0.6 is 15.9 Å². The molecular formula is C17H15BrN2O4. The Bertz CT molecular complexity index is 792. The summed E-state index contributed by atoms with van der Waals surface area (Å²) in [7, 11) is 1.52. The maximum atomic E-state index is 12.2. The number of carbonyl (C=O) groups is 1. The zero-order chi connectivity index (χ0) is 16.9. The fraction of sp³-hybridized carbons (Fsp3) is 0.176. The van der Waals surface area contributed by atoms with Gasteiger partial charge in [-0.2, -0.15) is 5.10 Å². The fourth-order valence-electron chi connectivity index (χ4n) is 2.23. The number of methoxy groups -OCH3 is 1. The lowest BCUT2D eigenvalue weighted by Gasteiger charge is -2.19. The van der Waals surface area contributed by atoms with E-state index in [9.17, 15) is 4.79 Å². The highest BCUT2D eigenvalue weighted by Gasteiger charge is 2.14. The summed E-state index contributed by atoms with van der Waals surface area (Å²) in [5, 5.41) is 4.00. The lowest BCUT2D eigenvalue weighted by atomic mass is 10.2. The molecule has 2 aromatic carbocycles. The summed E-state index contributed by atoms with van der Waals surface area (Å²) in [4.78, 5) is 12.2. The average Bonchev–Trinajstić information content (AvgIpc) is 2.62. The highest BCUT2D eigenvalue weighted by Crippen LogP contribution is 2.34. The van der Waals surface area contributed by atoms with Crippen molar-refractivity contribution in [2.24, 2.45) is 5.10 Å². The molecule has 0 saturated heterocycles. The van der Waals surface area contributed by atoms with Gasteiger partial charge in [-0.15, -0.1) is 0 Å². The number of ether oxygens (including phenoxy) is 3. The van der Waals surface area contributed by atoms with Gasteiger partial charge in [0.2, 0.25) is 0 Å². The van der Waals surface area contributed by atoms with Crippen molar-refractivity contribution in [1.29, 1.82) is 0 Å². The molecule has 0 unspecified atom stereocenters. The van der Waals surface area contributed by atoms with Crippen molar-refractivity contribution in [1.82, 2.24) is 5.43 Å². The van der Waals surface area contributed by atoms with Gasteiger partial charge in [-0.05, 0) is 40.2 Å². The second kappa shape index (κ2) is 7.35. The van der Waals surface area contributed by atoms with Crippen molar-refractivity contribution in [2.75, 3.05) is 20.3 Å². The number of para-hydroxylation sites is 1. The summed E-state index contributed by atoms with van der Waals surface area (Å²) in [5.74, 6) is 1.48. The van der Waals surface area contributed by atoms with Gasteiger partial charge in [-0.1, -0.05) is 12.1 Å². The first-order chi connectivity index (χ1) is 11.7. The second-order valence-corrected chi connectivity index (χ2v) is 5.77. The van der Waals surface area contributed by atoms with Crippen LogP contribution in [0.1, 0.15) is 15.9 Å². The van der Waals surface area contributed by atoms with Gasteiger partial charge in [0.05, 0.1) is 18.9 Å². The Hall–Kier alpha value is -2.54. The number of carbonyl (C=O) groups excluding carboxylic acids is 1.